The Labute approximate surface area is 112 Å². The molecule has 4 heteroatoms. The second-order valence-corrected chi connectivity index (χ2v) is 5.08. The monoisotopic (exact) mass is 263 g/mol. The van der Waals surface area contributed by atoms with Crippen molar-refractivity contribution in [2.45, 2.75) is 51.6 Å². The summed E-state index contributed by atoms with van der Waals surface area (Å²) >= 11 is 0. The summed E-state index contributed by atoms with van der Waals surface area (Å²) < 4.78 is 25.0. The molecule has 102 valence electrons. The van der Waals surface area contributed by atoms with E-state index in [4.69, 9.17) is 14.7 Å². The molecule has 0 aliphatic carbocycles. The van der Waals surface area contributed by atoms with E-state index < -0.39 is 0 Å². The summed E-state index contributed by atoms with van der Waals surface area (Å²) in [6.07, 6.45) is 2.07. The number of hydrogen-bond acceptors (Lipinski definition) is 3. The van der Waals surface area contributed by atoms with Gasteiger partial charge in [-0.2, -0.15) is 5.26 Å². The molecule has 0 aromatic heterocycles. The van der Waals surface area contributed by atoms with Gasteiger partial charge < -0.3 is 9.47 Å². The van der Waals surface area contributed by atoms with Gasteiger partial charge in [0.15, 0.2) is 0 Å². The van der Waals surface area contributed by atoms with E-state index in [2.05, 4.69) is 0 Å². The number of nitriles is 1. The number of ether oxygens (including phenoxy) is 2. The zero-order valence-corrected chi connectivity index (χ0v) is 11.2. The lowest BCUT2D eigenvalue weighted by Crippen LogP contribution is -2.34. The standard InChI is InChI=1S/C15H18FNO2/c1-10-5-14(6-11(2)19-10)18-9-13-7-12(8-17)3-4-15(13)16/h3-4,7,10-11,14H,5-6,9H2,1-2H3. The van der Waals surface area contributed by atoms with Gasteiger partial charge in [-0.1, -0.05) is 0 Å². The smallest absolute Gasteiger partial charge is 0.128 e. The maximum atomic E-state index is 13.6. The van der Waals surface area contributed by atoms with Crippen molar-refractivity contribution in [1.29, 1.82) is 5.26 Å². The van der Waals surface area contributed by atoms with Crippen LogP contribution in [0.3, 0.4) is 0 Å². The van der Waals surface area contributed by atoms with Crippen molar-refractivity contribution < 1.29 is 13.9 Å². The van der Waals surface area contributed by atoms with Gasteiger partial charge in [-0.25, -0.2) is 4.39 Å². The van der Waals surface area contributed by atoms with Gasteiger partial charge in [-0.3, -0.25) is 0 Å². The Morgan fingerprint density at radius 2 is 2.05 bits per heavy atom. The van der Waals surface area contributed by atoms with E-state index in [1.807, 2.05) is 19.9 Å². The second kappa shape index (κ2) is 6.14. The Bertz CT molecular complexity index is 474. The first-order valence-corrected chi connectivity index (χ1v) is 6.54. The minimum atomic E-state index is -0.327. The molecule has 1 heterocycles. The van der Waals surface area contributed by atoms with Crippen molar-refractivity contribution in [3.63, 3.8) is 0 Å². The summed E-state index contributed by atoms with van der Waals surface area (Å²) in [6.45, 7) is 4.23. The van der Waals surface area contributed by atoms with E-state index >= 15 is 0 Å². The largest absolute Gasteiger partial charge is 0.375 e. The molecule has 0 amide bonds. The first-order valence-electron chi connectivity index (χ1n) is 6.54. The van der Waals surface area contributed by atoms with Crippen LogP contribution < -0.4 is 0 Å². The highest BCUT2D eigenvalue weighted by Crippen LogP contribution is 2.23. The highest BCUT2D eigenvalue weighted by Gasteiger charge is 2.25. The quantitative estimate of drug-likeness (QED) is 0.841. The summed E-state index contributed by atoms with van der Waals surface area (Å²) in [5.74, 6) is -0.327. The fourth-order valence-electron chi connectivity index (χ4n) is 2.44. The van der Waals surface area contributed by atoms with Crippen LogP contribution in [0.15, 0.2) is 18.2 Å². The second-order valence-electron chi connectivity index (χ2n) is 5.08. The molecule has 0 radical (unpaired) electrons. The summed E-state index contributed by atoms with van der Waals surface area (Å²) in [5.41, 5.74) is 0.888. The van der Waals surface area contributed by atoms with Crippen molar-refractivity contribution >= 4 is 0 Å². The van der Waals surface area contributed by atoms with Gasteiger partial charge in [0.2, 0.25) is 0 Å². The van der Waals surface area contributed by atoms with E-state index in [9.17, 15) is 4.39 Å². The van der Waals surface area contributed by atoms with Crippen molar-refractivity contribution in [2.75, 3.05) is 0 Å². The zero-order chi connectivity index (χ0) is 13.8. The predicted molar refractivity (Wildman–Crippen MR) is 68.9 cm³/mol. The zero-order valence-electron chi connectivity index (χ0n) is 11.2. The summed E-state index contributed by atoms with van der Waals surface area (Å²) in [7, 11) is 0. The number of halogens is 1. The van der Waals surface area contributed by atoms with Crippen LogP contribution in [-0.4, -0.2) is 18.3 Å². The summed E-state index contributed by atoms with van der Waals surface area (Å²) in [4.78, 5) is 0. The topological polar surface area (TPSA) is 42.2 Å². The van der Waals surface area contributed by atoms with Gasteiger partial charge in [-0.15, -0.1) is 0 Å². The molecule has 1 aliphatic rings. The van der Waals surface area contributed by atoms with Crippen LogP contribution in [0.1, 0.15) is 37.8 Å². The molecular formula is C15H18FNO2. The molecule has 2 rings (SSSR count). The van der Waals surface area contributed by atoms with E-state index in [0.717, 1.165) is 12.8 Å². The van der Waals surface area contributed by atoms with Crippen molar-refractivity contribution in [2.24, 2.45) is 0 Å². The van der Waals surface area contributed by atoms with Gasteiger partial charge in [0.05, 0.1) is 36.6 Å². The number of nitrogens with zero attached hydrogens (tertiary/aromatic N) is 1. The molecule has 1 aromatic rings. The van der Waals surface area contributed by atoms with Crippen LogP contribution in [0.2, 0.25) is 0 Å². The number of rotatable bonds is 3. The fraction of sp³-hybridized carbons (Fsp3) is 0.533. The normalized spacial score (nSPS) is 26.9. The van der Waals surface area contributed by atoms with Gasteiger partial charge in [-0.05, 0) is 44.9 Å². The highest BCUT2D eigenvalue weighted by atomic mass is 19.1. The average Bonchev–Trinajstić information content (AvgIpc) is 2.37. The molecule has 0 saturated carbocycles. The van der Waals surface area contributed by atoms with Crippen LogP contribution in [-0.2, 0) is 16.1 Å². The third kappa shape index (κ3) is 3.76. The molecule has 1 aromatic carbocycles. The summed E-state index contributed by atoms with van der Waals surface area (Å²) in [5, 5.41) is 8.81. The lowest BCUT2D eigenvalue weighted by molar-refractivity contribution is -0.106. The van der Waals surface area contributed by atoms with Gasteiger partial charge in [0.25, 0.3) is 0 Å². The van der Waals surface area contributed by atoms with E-state index in [1.54, 1.807) is 6.07 Å². The minimum Gasteiger partial charge on any atom is -0.375 e. The molecule has 0 spiro atoms. The van der Waals surface area contributed by atoms with Crippen LogP contribution in [0.25, 0.3) is 0 Å². The SMILES string of the molecule is CC1CC(OCc2cc(C#N)ccc2F)CC(C)O1. The molecule has 1 saturated heterocycles. The molecule has 0 N–H and O–H groups in total. The van der Waals surface area contributed by atoms with Crippen molar-refractivity contribution in [3.05, 3.63) is 35.1 Å². The van der Waals surface area contributed by atoms with Crippen molar-refractivity contribution in [1.82, 2.24) is 0 Å². The van der Waals surface area contributed by atoms with Gasteiger partial charge in [0.1, 0.15) is 5.82 Å². The lowest BCUT2D eigenvalue weighted by Gasteiger charge is -2.32. The molecule has 2 atom stereocenters. The molecule has 2 unspecified atom stereocenters. The Balaban J connectivity index is 1.97. The third-order valence-corrected chi connectivity index (χ3v) is 3.30. The first kappa shape index (κ1) is 14.0. The summed E-state index contributed by atoms with van der Waals surface area (Å²) in [6, 6.07) is 6.33. The number of benzene rings is 1. The molecule has 0 bridgehead atoms. The highest BCUT2D eigenvalue weighted by molar-refractivity contribution is 5.33. The van der Waals surface area contributed by atoms with Crippen LogP contribution in [0.5, 0.6) is 0 Å². The van der Waals surface area contributed by atoms with Gasteiger partial charge in [0, 0.05) is 5.56 Å². The van der Waals surface area contributed by atoms with E-state index in [1.165, 1.54) is 12.1 Å². The molecule has 1 fully saturated rings. The predicted octanol–water partition coefficient (Wildman–Crippen LogP) is 3.17. The molecule has 3 nitrogen and oxygen atoms in total. The molecule has 19 heavy (non-hydrogen) atoms. The maximum absolute atomic E-state index is 13.6. The Morgan fingerprint density at radius 3 is 2.68 bits per heavy atom. The molecular weight excluding hydrogens is 245 g/mol. The molecule has 1 aliphatic heterocycles. The van der Waals surface area contributed by atoms with Crippen LogP contribution >= 0.6 is 0 Å². The van der Waals surface area contributed by atoms with E-state index in [-0.39, 0.29) is 30.7 Å². The third-order valence-electron chi connectivity index (χ3n) is 3.30. The van der Waals surface area contributed by atoms with Crippen molar-refractivity contribution in [3.8, 4) is 6.07 Å². The maximum Gasteiger partial charge on any atom is 0.128 e. The average molecular weight is 263 g/mol. The van der Waals surface area contributed by atoms with Crippen LogP contribution in [0, 0.1) is 17.1 Å². The Hall–Kier alpha value is -1.44. The first-order chi connectivity index (χ1) is 9.08. The number of hydrogen-bond donors (Lipinski definition) is 0. The van der Waals surface area contributed by atoms with Crippen LogP contribution in [0.4, 0.5) is 4.39 Å². The van der Waals surface area contributed by atoms with Gasteiger partial charge >= 0.3 is 0 Å². The van der Waals surface area contributed by atoms with E-state index in [0.29, 0.717) is 11.1 Å². The Morgan fingerprint density at radius 1 is 1.37 bits per heavy atom. The lowest BCUT2D eigenvalue weighted by atomic mass is 10.0. The fourth-order valence-corrected chi connectivity index (χ4v) is 2.44. The Kier molecular flexibility index (Phi) is 4.52. The minimum absolute atomic E-state index is 0.0869.